The molecule has 36 heavy (non-hydrogen) atoms. The minimum Gasteiger partial charge on any atom is -0.493 e. The van der Waals surface area contributed by atoms with Crippen LogP contribution in [0.5, 0.6) is 5.75 Å². The SMILES string of the molecule is COc1cnn(C(C)C)c1-c1ncc2cnn(Cc3ccc(-n4nc(C(F)(F)F)cc4C)cc3)c2n1. The summed E-state index contributed by atoms with van der Waals surface area (Å²) in [7, 11) is 1.58. The Balaban J connectivity index is 1.45. The molecule has 9 nitrogen and oxygen atoms in total. The molecule has 4 aromatic heterocycles. The lowest BCUT2D eigenvalue weighted by Crippen LogP contribution is -2.08. The van der Waals surface area contributed by atoms with Crippen molar-refractivity contribution >= 4 is 11.0 Å². The van der Waals surface area contributed by atoms with Crippen LogP contribution >= 0.6 is 0 Å². The zero-order valence-corrected chi connectivity index (χ0v) is 20.0. The van der Waals surface area contributed by atoms with Gasteiger partial charge >= 0.3 is 6.18 Å². The van der Waals surface area contributed by atoms with E-state index in [0.29, 0.717) is 40.8 Å². The molecule has 5 aromatic rings. The van der Waals surface area contributed by atoms with Gasteiger partial charge in [0, 0.05) is 17.9 Å². The Bertz CT molecular complexity index is 1530. The number of halogens is 3. The first-order valence-electron chi connectivity index (χ1n) is 11.2. The molecule has 0 aliphatic heterocycles. The van der Waals surface area contributed by atoms with Crippen molar-refractivity contribution in [3.05, 3.63) is 65.9 Å². The number of ether oxygens (including phenoxy) is 1. The topological polar surface area (TPSA) is 88.5 Å². The fourth-order valence-electron chi connectivity index (χ4n) is 3.99. The van der Waals surface area contributed by atoms with Gasteiger partial charge in [0.1, 0.15) is 5.69 Å². The fourth-order valence-corrected chi connectivity index (χ4v) is 3.99. The van der Waals surface area contributed by atoms with Crippen LogP contribution < -0.4 is 4.74 Å². The Labute approximate surface area is 204 Å². The summed E-state index contributed by atoms with van der Waals surface area (Å²) in [5, 5.41) is 13.3. The van der Waals surface area contributed by atoms with E-state index < -0.39 is 11.9 Å². The third kappa shape index (κ3) is 4.18. The van der Waals surface area contributed by atoms with Gasteiger partial charge in [0.25, 0.3) is 0 Å². The van der Waals surface area contributed by atoms with Gasteiger partial charge in [-0.15, -0.1) is 0 Å². The highest BCUT2D eigenvalue weighted by Crippen LogP contribution is 2.31. The molecule has 0 atom stereocenters. The maximum Gasteiger partial charge on any atom is 0.435 e. The number of hydrogen-bond acceptors (Lipinski definition) is 6. The lowest BCUT2D eigenvalue weighted by atomic mass is 10.2. The van der Waals surface area contributed by atoms with Crippen molar-refractivity contribution in [2.75, 3.05) is 7.11 Å². The van der Waals surface area contributed by atoms with E-state index >= 15 is 0 Å². The molecule has 0 aliphatic rings. The molecule has 0 radical (unpaired) electrons. The first-order valence-corrected chi connectivity index (χ1v) is 11.2. The average molecular weight is 496 g/mol. The van der Waals surface area contributed by atoms with Crippen LogP contribution in [0.15, 0.2) is 48.9 Å². The van der Waals surface area contributed by atoms with Crippen LogP contribution in [-0.2, 0) is 12.7 Å². The largest absolute Gasteiger partial charge is 0.493 e. The number of nitrogens with zero attached hydrogens (tertiary/aromatic N) is 8. The fraction of sp³-hybridized carbons (Fsp3) is 0.292. The molecule has 0 saturated heterocycles. The molecule has 12 heteroatoms. The van der Waals surface area contributed by atoms with Gasteiger partial charge in [-0.05, 0) is 44.5 Å². The number of benzene rings is 1. The average Bonchev–Trinajstić information content (AvgIpc) is 3.56. The second kappa shape index (κ2) is 8.77. The predicted octanol–water partition coefficient (Wildman–Crippen LogP) is 4.84. The van der Waals surface area contributed by atoms with Crippen LogP contribution in [-0.4, -0.2) is 46.4 Å². The second-order valence-corrected chi connectivity index (χ2v) is 8.62. The standard InChI is InChI=1S/C24H23F3N8O/c1-14(2)34-21(19(36-4)12-30-34)22-28-10-17-11-29-33(23(17)31-22)13-16-5-7-18(8-6-16)35-15(3)9-20(32-35)24(25,26)27/h5-12,14H,13H2,1-4H3. The number of hydrogen-bond donors (Lipinski definition) is 0. The normalized spacial score (nSPS) is 12.1. The Kier molecular flexibility index (Phi) is 5.73. The zero-order chi connectivity index (χ0) is 25.6. The van der Waals surface area contributed by atoms with E-state index in [9.17, 15) is 13.2 Å². The van der Waals surface area contributed by atoms with Crippen molar-refractivity contribution in [3.63, 3.8) is 0 Å². The second-order valence-electron chi connectivity index (χ2n) is 8.62. The lowest BCUT2D eigenvalue weighted by molar-refractivity contribution is -0.141. The van der Waals surface area contributed by atoms with E-state index in [2.05, 4.69) is 20.3 Å². The highest BCUT2D eigenvalue weighted by molar-refractivity contribution is 5.76. The first kappa shape index (κ1) is 23.5. The van der Waals surface area contributed by atoms with Crippen molar-refractivity contribution in [2.24, 2.45) is 0 Å². The van der Waals surface area contributed by atoms with Crippen LogP contribution in [0.1, 0.15) is 36.8 Å². The summed E-state index contributed by atoms with van der Waals surface area (Å²) in [5.74, 6) is 1.05. The van der Waals surface area contributed by atoms with Gasteiger partial charge in [0.2, 0.25) is 0 Å². The highest BCUT2D eigenvalue weighted by Gasteiger charge is 2.34. The summed E-state index contributed by atoms with van der Waals surface area (Å²) < 4.78 is 49.3. The van der Waals surface area contributed by atoms with Crippen molar-refractivity contribution in [3.8, 4) is 23.0 Å². The minimum atomic E-state index is -4.49. The lowest BCUT2D eigenvalue weighted by Gasteiger charge is -2.11. The van der Waals surface area contributed by atoms with Gasteiger partial charge in [-0.3, -0.25) is 4.68 Å². The Morgan fingerprint density at radius 1 is 1.03 bits per heavy atom. The Morgan fingerprint density at radius 3 is 2.42 bits per heavy atom. The summed E-state index contributed by atoms with van der Waals surface area (Å²) in [5.41, 5.74) is 2.23. The number of alkyl halides is 3. The summed E-state index contributed by atoms with van der Waals surface area (Å²) in [6, 6.07) is 8.23. The van der Waals surface area contributed by atoms with Crippen molar-refractivity contribution in [1.29, 1.82) is 0 Å². The molecular formula is C24H23F3N8O. The summed E-state index contributed by atoms with van der Waals surface area (Å²) in [6.07, 6.45) is 0.547. The molecule has 0 saturated carbocycles. The molecule has 0 unspecified atom stereocenters. The predicted molar refractivity (Wildman–Crippen MR) is 126 cm³/mol. The Hall–Kier alpha value is -4.22. The van der Waals surface area contributed by atoms with Gasteiger partial charge in [-0.1, -0.05) is 12.1 Å². The summed E-state index contributed by atoms with van der Waals surface area (Å²) in [4.78, 5) is 9.25. The third-order valence-corrected chi connectivity index (χ3v) is 5.75. The third-order valence-electron chi connectivity index (χ3n) is 5.75. The van der Waals surface area contributed by atoms with Crippen LogP contribution in [0.2, 0.25) is 0 Å². The van der Waals surface area contributed by atoms with E-state index in [4.69, 9.17) is 9.72 Å². The smallest absolute Gasteiger partial charge is 0.435 e. The van der Waals surface area contributed by atoms with E-state index in [1.807, 2.05) is 26.0 Å². The van der Waals surface area contributed by atoms with Gasteiger partial charge in [0.05, 0.1) is 37.1 Å². The molecular weight excluding hydrogens is 473 g/mol. The van der Waals surface area contributed by atoms with Gasteiger partial charge in [0.15, 0.2) is 22.9 Å². The van der Waals surface area contributed by atoms with E-state index in [-0.39, 0.29) is 6.04 Å². The Morgan fingerprint density at radius 2 is 1.78 bits per heavy atom. The van der Waals surface area contributed by atoms with E-state index in [1.54, 1.807) is 54.1 Å². The summed E-state index contributed by atoms with van der Waals surface area (Å²) >= 11 is 0. The molecule has 0 N–H and O–H groups in total. The highest BCUT2D eigenvalue weighted by atomic mass is 19.4. The molecule has 0 spiro atoms. The first-order chi connectivity index (χ1) is 17.2. The number of fused-ring (bicyclic) bond motifs is 1. The maximum absolute atomic E-state index is 13.0. The van der Waals surface area contributed by atoms with Crippen molar-refractivity contribution in [1.82, 2.24) is 39.3 Å². The molecule has 0 amide bonds. The quantitative estimate of drug-likeness (QED) is 0.334. The molecule has 1 aromatic carbocycles. The van der Waals surface area contributed by atoms with E-state index in [0.717, 1.165) is 17.0 Å². The van der Waals surface area contributed by atoms with Crippen molar-refractivity contribution in [2.45, 2.75) is 39.5 Å². The number of aryl methyl sites for hydroxylation is 1. The molecule has 0 aliphatic carbocycles. The number of methoxy groups -OCH3 is 1. The van der Waals surface area contributed by atoms with Crippen LogP contribution in [0.25, 0.3) is 28.2 Å². The maximum atomic E-state index is 13.0. The van der Waals surface area contributed by atoms with Gasteiger partial charge in [-0.25, -0.2) is 19.3 Å². The minimum absolute atomic E-state index is 0.0808. The number of rotatable bonds is 6. The summed E-state index contributed by atoms with van der Waals surface area (Å²) in [6.45, 7) is 6.02. The van der Waals surface area contributed by atoms with Crippen LogP contribution in [0.3, 0.4) is 0 Å². The number of aromatic nitrogens is 8. The van der Waals surface area contributed by atoms with E-state index in [1.165, 1.54) is 4.68 Å². The molecule has 0 bridgehead atoms. The molecule has 5 rings (SSSR count). The van der Waals surface area contributed by atoms with Gasteiger partial charge < -0.3 is 4.74 Å². The zero-order valence-electron chi connectivity index (χ0n) is 20.0. The molecule has 186 valence electrons. The van der Waals surface area contributed by atoms with Crippen molar-refractivity contribution < 1.29 is 17.9 Å². The van der Waals surface area contributed by atoms with Gasteiger partial charge in [-0.2, -0.15) is 28.5 Å². The van der Waals surface area contributed by atoms with Crippen LogP contribution in [0, 0.1) is 6.92 Å². The molecule has 4 heterocycles. The molecule has 0 fully saturated rings. The monoisotopic (exact) mass is 496 g/mol. The van der Waals surface area contributed by atoms with Crippen LogP contribution in [0.4, 0.5) is 13.2 Å².